The summed E-state index contributed by atoms with van der Waals surface area (Å²) in [5, 5.41) is 9.98. The first-order valence-corrected chi connectivity index (χ1v) is 6.88. The van der Waals surface area contributed by atoms with Crippen LogP contribution in [-0.4, -0.2) is 56.3 Å². The largest absolute Gasteiger partial charge is 0.326 e. The predicted octanol–water partition coefficient (Wildman–Crippen LogP) is -0.239. The fourth-order valence-electron chi connectivity index (χ4n) is 2.01. The molecule has 0 bridgehead atoms. The Morgan fingerprint density at radius 2 is 2.25 bits per heavy atom. The average Bonchev–Trinajstić information content (AvgIpc) is 3.09. The number of carbonyl (C=O) groups is 2. The molecule has 3 heterocycles. The predicted molar refractivity (Wildman–Crippen MR) is 71.4 cm³/mol. The van der Waals surface area contributed by atoms with E-state index < -0.39 is 0 Å². The van der Waals surface area contributed by atoms with E-state index >= 15 is 0 Å². The van der Waals surface area contributed by atoms with Crippen LogP contribution in [0.2, 0.25) is 0 Å². The molecule has 1 aliphatic heterocycles. The van der Waals surface area contributed by atoms with Crippen LogP contribution >= 0.6 is 11.3 Å². The highest BCUT2D eigenvalue weighted by Gasteiger charge is 2.30. The summed E-state index contributed by atoms with van der Waals surface area (Å²) in [4.78, 5) is 31.5. The lowest BCUT2D eigenvalue weighted by Gasteiger charge is -2.32. The number of aromatic nitrogens is 4. The van der Waals surface area contributed by atoms with Crippen molar-refractivity contribution in [1.29, 1.82) is 0 Å². The SMILES string of the molecule is Cn1cc(C(=O)N2CCN(c3nccs3)C(=O)C2)nn1. The van der Waals surface area contributed by atoms with Gasteiger partial charge in [-0.25, -0.2) is 4.98 Å². The summed E-state index contributed by atoms with van der Waals surface area (Å²) >= 11 is 1.41. The number of amides is 2. The van der Waals surface area contributed by atoms with E-state index in [2.05, 4.69) is 15.3 Å². The van der Waals surface area contributed by atoms with Crippen molar-refractivity contribution in [2.75, 3.05) is 24.5 Å². The maximum atomic E-state index is 12.2. The van der Waals surface area contributed by atoms with Gasteiger partial charge in [-0.05, 0) is 0 Å². The summed E-state index contributed by atoms with van der Waals surface area (Å²) in [5.74, 6) is -0.409. The highest BCUT2D eigenvalue weighted by atomic mass is 32.1. The average molecular weight is 292 g/mol. The van der Waals surface area contributed by atoms with Gasteiger partial charge in [-0.2, -0.15) is 0 Å². The van der Waals surface area contributed by atoms with Crippen LogP contribution in [0.5, 0.6) is 0 Å². The second-order valence-electron chi connectivity index (χ2n) is 4.36. The molecule has 1 fully saturated rings. The smallest absolute Gasteiger partial charge is 0.276 e. The first-order chi connectivity index (χ1) is 9.65. The zero-order valence-corrected chi connectivity index (χ0v) is 11.6. The molecule has 0 aromatic carbocycles. The first kappa shape index (κ1) is 12.7. The van der Waals surface area contributed by atoms with Gasteiger partial charge in [0, 0.05) is 31.7 Å². The molecular formula is C11H12N6O2S. The number of aryl methyl sites for hydroxylation is 1. The summed E-state index contributed by atoms with van der Waals surface area (Å²) < 4.78 is 1.46. The fourth-order valence-corrected chi connectivity index (χ4v) is 2.69. The van der Waals surface area contributed by atoms with Gasteiger partial charge < -0.3 is 4.90 Å². The van der Waals surface area contributed by atoms with Crippen LogP contribution in [0.1, 0.15) is 10.5 Å². The van der Waals surface area contributed by atoms with Gasteiger partial charge in [0.25, 0.3) is 5.91 Å². The van der Waals surface area contributed by atoms with E-state index in [-0.39, 0.29) is 24.1 Å². The van der Waals surface area contributed by atoms with Gasteiger partial charge in [-0.15, -0.1) is 16.4 Å². The molecule has 2 aromatic rings. The third-order valence-electron chi connectivity index (χ3n) is 2.98. The maximum absolute atomic E-state index is 12.2. The van der Waals surface area contributed by atoms with Gasteiger partial charge in [-0.1, -0.05) is 5.21 Å². The first-order valence-electron chi connectivity index (χ1n) is 6.00. The van der Waals surface area contributed by atoms with Crippen molar-refractivity contribution in [1.82, 2.24) is 24.9 Å². The fraction of sp³-hybridized carbons (Fsp3) is 0.364. The lowest BCUT2D eigenvalue weighted by Crippen LogP contribution is -2.52. The van der Waals surface area contributed by atoms with E-state index in [1.807, 2.05) is 5.38 Å². The highest BCUT2D eigenvalue weighted by molar-refractivity contribution is 7.13. The Labute approximate surface area is 118 Å². The van der Waals surface area contributed by atoms with Crippen LogP contribution in [0.4, 0.5) is 5.13 Å². The molecule has 0 unspecified atom stereocenters. The third kappa shape index (κ3) is 2.27. The number of hydrogen-bond donors (Lipinski definition) is 0. The number of hydrogen-bond acceptors (Lipinski definition) is 6. The second-order valence-corrected chi connectivity index (χ2v) is 5.24. The number of rotatable bonds is 2. The van der Waals surface area contributed by atoms with Crippen molar-refractivity contribution in [3.05, 3.63) is 23.5 Å². The lowest BCUT2D eigenvalue weighted by atomic mass is 10.3. The van der Waals surface area contributed by atoms with Crippen LogP contribution in [0, 0.1) is 0 Å². The van der Waals surface area contributed by atoms with Crippen molar-refractivity contribution >= 4 is 28.3 Å². The molecule has 104 valence electrons. The van der Waals surface area contributed by atoms with Crippen LogP contribution in [0.25, 0.3) is 0 Å². The van der Waals surface area contributed by atoms with Gasteiger partial charge in [0.2, 0.25) is 5.91 Å². The minimum atomic E-state index is -0.273. The molecule has 1 aliphatic rings. The highest BCUT2D eigenvalue weighted by Crippen LogP contribution is 2.20. The van der Waals surface area contributed by atoms with E-state index in [4.69, 9.17) is 0 Å². The summed E-state index contributed by atoms with van der Waals surface area (Å²) in [6.07, 6.45) is 3.20. The Hall–Kier alpha value is -2.29. The molecule has 2 aromatic heterocycles. The van der Waals surface area contributed by atoms with E-state index in [9.17, 15) is 9.59 Å². The van der Waals surface area contributed by atoms with Gasteiger partial charge in [-0.3, -0.25) is 19.2 Å². The van der Waals surface area contributed by atoms with E-state index in [1.54, 1.807) is 24.3 Å². The Morgan fingerprint density at radius 3 is 2.85 bits per heavy atom. The molecule has 0 N–H and O–H groups in total. The standard InChI is InChI=1S/C11H12N6O2S/c1-15-6-8(13-14-15)10(19)16-3-4-17(9(18)7-16)11-12-2-5-20-11/h2,5-6H,3-4,7H2,1H3. The number of carbonyl (C=O) groups excluding carboxylic acids is 2. The molecule has 8 nitrogen and oxygen atoms in total. The molecule has 3 rings (SSSR count). The van der Waals surface area contributed by atoms with Crippen molar-refractivity contribution < 1.29 is 9.59 Å². The number of piperazine rings is 1. The molecule has 9 heteroatoms. The maximum Gasteiger partial charge on any atom is 0.276 e. The summed E-state index contributed by atoms with van der Waals surface area (Å²) in [5.41, 5.74) is 0.253. The van der Waals surface area contributed by atoms with Crippen molar-refractivity contribution in [2.45, 2.75) is 0 Å². The lowest BCUT2D eigenvalue weighted by molar-refractivity contribution is -0.120. The topological polar surface area (TPSA) is 84.2 Å². The monoisotopic (exact) mass is 292 g/mol. The number of anilines is 1. The van der Waals surface area contributed by atoms with Crippen molar-refractivity contribution in [3.8, 4) is 0 Å². The molecule has 0 saturated carbocycles. The van der Waals surface area contributed by atoms with Crippen LogP contribution in [0.15, 0.2) is 17.8 Å². The second kappa shape index (κ2) is 5.00. The molecule has 0 spiro atoms. The minimum Gasteiger partial charge on any atom is -0.326 e. The Morgan fingerprint density at radius 1 is 1.40 bits per heavy atom. The molecular weight excluding hydrogens is 280 g/mol. The summed E-state index contributed by atoms with van der Waals surface area (Å²) in [6, 6.07) is 0. The quantitative estimate of drug-likeness (QED) is 0.763. The van der Waals surface area contributed by atoms with Crippen molar-refractivity contribution in [2.24, 2.45) is 7.05 Å². The molecule has 0 aliphatic carbocycles. The molecule has 20 heavy (non-hydrogen) atoms. The Kier molecular flexibility index (Phi) is 3.18. The number of thiazole rings is 1. The van der Waals surface area contributed by atoms with Crippen LogP contribution in [-0.2, 0) is 11.8 Å². The van der Waals surface area contributed by atoms with Gasteiger partial charge in [0.1, 0.15) is 6.54 Å². The molecule has 2 amide bonds. The summed E-state index contributed by atoms with van der Waals surface area (Å²) in [7, 11) is 1.69. The normalized spacial score (nSPS) is 15.8. The molecule has 1 saturated heterocycles. The molecule has 0 radical (unpaired) electrons. The van der Waals surface area contributed by atoms with E-state index in [0.29, 0.717) is 18.2 Å². The number of nitrogens with zero attached hydrogens (tertiary/aromatic N) is 6. The van der Waals surface area contributed by atoms with Crippen LogP contribution in [0.3, 0.4) is 0 Å². The summed E-state index contributed by atoms with van der Waals surface area (Å²) in [6.45, 7) is 0.939. The third-order valence-corrected chi connectivity index (χ3v) is 3.77. The van der Waals surface area contributed by atoms with Crippen molar-refractivity contribution in [3.63, 3.8) is 0 Å². The zero-order valence-electron chi connectivity index (χ0n) is 10.8. The van der Waals surface area contributed by atoms with E-state index in [1.165, 1.54) is 20.9 Å². The van der Waals surface area contributed by atoms with Gasteiger partial charge in [0.15, 0.2) is 10.8 Å². The zero-order chi connectivity index (χ0) is 14.1. The van der Waals surface area contributed by atoms with Crippen LogP contribution < -0.4 is 4.90 Å². The van der Waals surface area contributed by atoms with Gasteiger partial charge >= 0.3 is 0 Å². The Bertz CT molecular complexity index is 637. The van der Waals surface area contributed by atoms with E-state index in [0.717, 1.165) is 0 Å². The molecule has 0 atom stereocenters. The Balaban J connectivity index is 1.71. The van der Waals surface area contributed by atoms with Gasteiger partial charge in [0.05, 0.1) is 6.20 Å². The minimum absolute atomic E-state index is 0.0367.